The second kappa shape index (κ2) is 6.63. The lowest BCUT2D eigenvalue weighted by Gasteiger charge is -2.17. The lowest BCUT2D eigenvalue weighted by molar-refractivity contribution is -0.137. The molecule has 0 saturated heterocycles. The first kappa shape index (κ1) is 17.1. The monoisotopic (exact) mass is 346 g/mol. The Bertz CT molecular complexity index is 815. The van der Waals surface area contributed by atoms with Crippen LogP contribution in [0.25, 0.3) is 0 Å². The van der Waals surface area contributed by atoms with Gasteiger partial charge in [0.15, 0.2) is 0 Å². The van der Waals surface area contributed by atoms with Crippen LogP contribution in [0.5, 0.6) is 0 Å². The van der Waals surface area contributed by atoms with Crippen LogP contribution in [0.3, 0.4) is 0 Å². The minimum Gasteiger partial charge on any atom is -0.378 e. The van der Waals surface area contributed by atoms with E-state index in [2.05, 4.69) is 17.2 Å². The molecule has 0 aliphatic heterocycles. The molecule has 2 N–H and O–H groups in total. The molecule has 0 unspecified atom stereocenters. The van der Waals surface area contributed by atoms with E-state index < -0.39 is 11.7 Å². The number of nitrogens with one attached hydrogen (secondary N) is 2. The van der Waals surface area contributed by atoms with Crippen molar-refractivity contribution in [3.8, 4) is 0 Å². The van der Waals surface area contributed by atoms with Crippen molar-refractivity contribution >= 4 is 17.3 Å². The highest BCUT2D eigenvalue weighted by Gasteiger charge is 2.31. The molecule has 0 heterocycles. The molecule has 0 aromatic heterocycles. The molecule has 0 saturated carbocycles. The molecule has 130 valence electrons. The number of alkyl halides is 3. The van der Waals surface area contributed by atoms with Gasteiger partial charge in [-0.1, -0.05) is 18.7 Å². The SMILES string of the molecule is C=CC(=O)Nc1ccc2c(c1)CC[C@@H]2Nc1cccc(C(F)(F)F)c1. The average molecular weight is 346 g/mol. The highest BCUT2D eigenvalue weighted by Crippen LogP contribution is 2.37. The van der Waals surface area contributed by atoms with E-state index >= 15 is 0 Å². The van der Waals surface area contributed by atoms with Crippen molar-refractivity contribution in [2.75, 3.05) is 10.6 Å². The van der Waals surface area contributed by atoms with Crippen LogP contribution in [-0.2, 0) is 17.4 Å². The predicted octanol–water partition coefficient (Wildman–Crippen LogP) is 4.93. The fraction of sp³-hybridized carbons (Fsp3) is 0.211. The van der Waals surface area contributed by atoms with Gasteiger partial charge in [-0.25, -0.2) is 0 Å². The van der Waals surface area contributed by atoms with Crippen LogP contribution in [0.2, 0.25) is 0 Å². The smallest absolute Gasteiger partial charge is 0.378 e. The number of carbonyl (C=O) groups is 1. The van der Waals surface area contributed by atoms with Crippen LogP contribution in [0.1, 0.15) is 29.2 Å². The molecule has 2 aromatic carbocycles. The van der Waals surface area contributed by atoms with Crippen molar-refractivity contribution in [3.63, 3.8) is 0 Å². The molecule has 1 atom stereocenters. The summed E-state index contributed by atoms with van der Waals surface area (Å²) < 4.78 is 38.5. The molecule has 1 amide bonds. The molecule has 25 heavy (non-hydrogen) atoms. The topological polar surface area (TPSA) is 41.1 Å². The summed E-state index contributed by atoms with van der Waals surface area (Å²) in [6.07, 6.45) is -1.58. The molecular weight excluding hydrogens is 329 g/mol. The number of rotatable bonds is 4. The first-order valence-corrected chi connectivity index (χ1v) is 7.87. The van der Waals surface area contributed by atoms with Gasteiger partial charge in [-0.2, -0.15) is 13.2 Å². The van der Waals surface area contributed by atoms with Gasteiger partial charge < -0.3 is 10.6 Å². The molecule has 0 spiro atoms. The maximum atomic E-state index is 12.8. The summed E-state index contributed by atoms with van der Waals surface area (Å²) in [5.74, 6) is -0.281. The number of anilines is 2. The molecule has 3 nitrogen and oxygen atoms in total. The average Bonchev–Trinajstić information content (AvgIpc) is 2.96. The highest BCUT2D eigenvalue weighted by molar-refractivity contribution is 5.98. The maximum absolute atomic E-state index is 12.8. The van der Waals surface area contributed by atoms with Crippen LogP contribution >= 0.6 is 0 Å². The Morgan fingerprint density at radius 3 is 2.68 bits per heavy atom. The van der Waals surface area contributed by atoms with Gasteiger partial charge >= 0.3 is 6.18 Å². The number of hydrogen-bond acceptors (Lipinski definition) is 2. The summed E-state index contributed by atoms with van der Waals surface area (Å²) in [4.78, 5) is 11.4. The largest absolute Gasteiger partial charge is 0.416 e. The van der Waals surface area contributed by atoms with Crippen molar-refractivity contribution in [1.82, 2.24) is 0 Å². The van der Waals surface area contributed by atoms with Gasteiger partial charge in [0.1, 0.15) is 0 Å². The van der Waals surface area contributed by atoms with Crippen molar-refractivity contribution in [2.45, 2.75) is 25.1 Å². The molecule has 0 radical (unpaired) electrons. The quantitative estimate of drug-likeness (QED) is 0.771. The summed E-state index contributed by atoms with van der Waals surface area (Å²) in [6, 6.07) is 10.7. The van der Waals surface area contributed by atoms with Crippen LogP contribution in [0.4, 0.5) is 24.5 Å². The minimum absolute atomic E-state index is 0.0531. The molecule has 3 rings (SSSR count). The zero-order valence-corrected chi connectivity index (χ0v) is 13.4. The minimum atomic E-state index is -4.36. The van der Waals surface area contributed by atoms with Crippen LogP contribution in [-0.4, -0.2) is 5.91 Å². The van der Waals surface area contributed by atoms with Crippen molar-refractivity contribution in [3.05, 3.63) is 71.8 Å². The van der Waals surface area contributed by atoms with Gasteiger partial charge in [0.05, 0.1) is 11.6 Å². The Hall–Kier alpha value is -2.76. The summed E-state index contributed by atoms with van der Waals surface area (Å²) >= 11 is 0. The number of benzene rings is 2. The van der Waals surface area contributed by atoms with E-state index in [9.17, 15) is 18.0 Å². The van der Waals surface area contributed by atoms with E-state index in [1.807, 2.05) is 12.1 Å². The van der Waals surface area contributed by atoms with Gasteiger partial charge in [0, 0.05) is 11.4 Å². The van der Waals surface area contributed by atoms with Gasteiger partial charge in [-0.3, -0.25) is 4.79 Å². The Morgan fingerprint density at radius 2 is 1.96 bits per heavy atom. The van der Waals surface area contributed by atoms with Gasteiger partial charge in [-0.05, 0) is 60.4 Å². The van der Waals surface area contributed by atoms with E-state index in [0.29, 0.717) is 11.4 Å². The Labute approximate surface area is 143 Å². The van der Waals surface area contributed by atoms with Crippen LogP contribution in [0.15, 0.2) is 55.1 Å². The van der Waals surface area contributed by atoms with Gasteiger partial charge in [-0.15, -0.1) is 0 Å². The molecule has 1 aliphatic carbocycles. The van der Waals surface area contributed by atoms with Crippen molar-refractivity contribution < 1.29 is 18.0 Å². The highest BCUT2D eigenvalue weighted by atomic mass is 19.4. The second-order valence-corrected chi connectivity index (χ2v) is 5.92. The number of amides is 1. The number of carbonyl (C=O) groups excluding carboxylic acids is 1. The zero-order valence-electron chi connectivity index (χ0n) is 13.4. The summed E-state index contributed by atoms with van der Waals surface area (Å²) in [5, 5.41) is 5.88. The summed E-state index contributed by atoms with van der Waals surface area (Å²) in [7, 11) is 0. The third kappa shape index (κ3) is 3.84. The molecule has 0 fully saturated rings. The van der Waals surface area contributed by atoms with E-state index in [0.717, 1.165) is 36.1 Å². The molecule has 0 bridgehead atoms. The number of hydrogen-bond donors (Lipinski definition) is 2. The summed E-state index contributed by atoms with van der Waals surface area (Å²) in [5.41, 5.74) is 2.57. The lowest BCUT2D eigenvalue weighted by atomic mass is 10.1. The number of aryl methyl sites for hydroxylation is 1. The Morgan fingerprint density at radius 1 is 1.16 bits per heavy atom. The Balaban J connectivity index is 1.77. The lowest BCUT2D eigenvalue weighted by Crippen LogP contribution is -2.10. The number of halogens is 3. The van der Waals surface area contributed by atoms with E-state index in [1.165, 1.54) is 12.1 Å². The van der Waals surface area contributed by atoms with Crippen LogP contribution < -0.4 is 10.6 Å². The van der Waals surface area contributed by atoms with E-state index in [-0.39, 0.29) is 11.9 Å². The molecular formula is C19H17F3N2O. The van der Waals surface area contributed by atoms with Crippen molar-refractivity contribution in [1.29, 1.82) is 0 Å². The first-order valence-electron chi connectivity index (χ1n) is 7.87. The molecule has 2 aromatic rings. The Kier molecular flexibility index (Phi) is 4.53. The standard InChI is InChI=1S/C19H17F3N2O/c1-2-18(25)24-15-7-8-16-12(10-15)6-9-17(16)23-14-5-3-4-13(11-14)19(20,21)22/h2-5,7-8,10-11,17,23H,1,6,9H2,(H,24,25)/t17-/m0/s1. The van der Waals surface area contributed by atoms with E-state index in [1.54, 1.807) is 12.1 Å². The zero-order chi connectivity index (χ0) is 18.0. The van der Waals surface area contributed by atoms with Gasteiger partial charge in [0.25, 0.3) is 0 Å². The third-order valence-electron chi connectivity index (χ3n) is 4.20. The first-order chi connectivity index (χ1) is 11.9. The molecule has 6 heteroatoms. The fourth-order valence-corrected chi connectivity index (χ4v) is 3.02. The van der Waals surface area contributed by atoms with E-state index in [4.69, 9.17) is 0 Å². The predicted molar refractivity (Wildman–Crippen MR) is 91.4 cm³/mol. The number of fused-ring (bicyclic) bond motifs is 1. The fourth-order valence-electron chi connectivity index (χ4n) is 3.02. The normalized spacial score (nSPS) is 16.2. The van der Waals surface area contributed by atoms with Gasteiger partial charge in [0.2, 0.25) is 5.91 Å². The molecule has 1 aliphatic rings. The van der Waals surface area contributed by atoms with Crippen molar-refractivity contribution in [2.24, 2.45) is 0 Å². The second-order valence-electron chi connectivity index (χ2n) is 5.92. The summed E-state index contributed by atoms with van der Waals surface area (Å²) in [6.45, 7) is 3.41. The third-order valence-corrected chi connectivity index (χ3v) is 4.20. The maximum Gasteiger partial charge on any atom is 0.416 e. The van der Waals surface area contributed by atoms with Crippen LogP contribution in [0, 0.1) is 0 Å².